The van der Waals surface area contributed by atoms with Crippen molar-refractivity contribution in [1.82, 2.24) is 4.57 Å². The molecule has 5 rings (SSSR count). The minimum atomic E-state index is -0.331. The zero-order valence-corrected chi connectivity index (χ0v) is 17.5. The molecule has 0 radical (unpaired) electrons. The summed E-state index contributed by atoms with van der Waals surface area (Å²) >= 11 is 0. The topological polar surface area (TPSA) is 66.8 Å². The maximum absolute atomic E-state index is 13.4. The quantitative estimate of drug-likeness (QED) is 0.450. The number of carbonyl (C=O) groups excluding carboxylic acids is 1. The Morgan fingerprint density at radius 1 is 0.969 bits per heavy atom. The third kappa shape index (κ3) is 3.50. The molecule has 6 heteroatoms. The van der Waals surface area contributed by atoms with E-state index >= 15 is 0 Å². The van der Waals surface area contributed by atoms with E-state index in [0.29, 0.717) is 47.7 Å². The number of nitrogens with zero attached hydrogens (tertiary/aromatic N) is 1. The molecule has 6 nitrogen and oxygen atoms in total. The van der Waals surface area contributed by atoms with E-state index in [-0.39, 0.29) is 16.8 Å². The number of pyridine rings is 1. The molecule has 0 spiro atoms. The Bertz CT molecular complexity index is 1370. The summed E-state index contributed by atoms with van der Waals surface area (Å²) in [4.78, 5) is 26.6. The Morgan fingerprint density at radius 3 is 2.41 bits per heavy atom. The first-order valence-electron chi connectivity index (χ1n) is 10.3. The van der Waals surface area contributed by atoms with Gasteiger partial charge in [0.25, 0.3) is 0 Å². The molecule has 0 saturated carbocycles. The summed E-state index contributed by atoms with van der Waals surface area (Å²) in [5.41, 5.74) is 1.82. The lowest BCUT2D eigenvalue weighted by molar-refractivity contribution is 0.103. The van der Waals surface area contributed by atoms with Crippen LogP contribution in [0.25, 0.3) is 10.9 Å². The van der Waals surface area contributed by atoms with Crippen LogP contribution in [-0.2, 0) is 6.54 Å². The first-order chi connectivity index (χ1) is 15.7. The van der Waals surface area contributed by atoms with Gasteiger partial charge in [-0.15, -0.1) is 0 Å². The summed E-state index contributed by atoms with van der Waals surface area (Å²) in [7, 11) is 1.62. The second-order valence-corrected chi connectivity index (χ2v) is 7.52. The fraction of sp³-hybridized carbons (Fsp3) is 0.154. The SMILES string of the molecule is COc1ccccc1Cn1cc(C(=O)c2ccccc2)c(=O)c2cc3c(cc21)OCCO3. The van der Waals surface area contributed by atoms with Crippen molar-refractivity contribution in [3.05, 3.63) is 99.8 Å². The van der Waals surface area contributed by atoms with Crippen LogP contribution in [0, 0.1) is 0 Å². The summed E-state index contributed by atoms with van der Waals surface area (Å²) in [6.45, 7) is 1.27. The van der Waals surface area contributed by atoms with Crippen LogP contribution in [0.3, 0.4) is 0 Å². The molecule has 0 amide bonds. The van der Waals surface area contributed by atoms with Crippen molar-refractivity contribution in [1.29, 1.82) is 0 Å². The van der Waals surface area contributed by atoms with Crippen molar-refractivity contribution in [3.8, 4) is 17.2 Å². The number of aromatic nitrogens is 1. The number of rotatable bonds is 5. The molecular formula is C26H21NO5. The minimum absolute atomic E-state index is 0.107. The lowest BCUT2D eigenvalue weighted by atomic mass is 10.0. The van der Waals surface area contributed by atoms with Crippen LogP contribution >= 0.6 is 0 Å². The average Bonchev–Trinajstić information content (AvgIpc) is 2.85. The molecule has 3 aromatic carbocycles. The van der Waals surface area contributed by atoms with Crippen LogP contribution < -0.4 is 19.6 Å². The van der Waals surface area contributed by atoms with E-state index < -0.39 is 0 Å². The van der Waals surface area contributed by atoms with Crippen LogP contribution in [0.1, 0.15) is 21.5 Å². The molecule has 4 aromatic rings. The number of carbonyl (C=O) groups is 1. The number of ketones is 1. The second-order valence-electron chi connectivity index (χ2n) is 7.52. The van der Waals surface area contributed by atoms with Crippen molar-refractivity contribution in [2.75, 3.05) is 20.3 Å². The van der Waals surface area contributed by atoms with Crippen LogP contribution in [0.2, 0.25) is 0 Å². The molecule has 2 heterocycles. The number of benzene rings is 3. The summed E-state index contributed by atoms with van der Waals surface area (Å²) in [6.07, 6.45) is 1.63. The lowest BCUT2D eigenvalue weighted by Crippen LogP contribution is -2.21. The highest BCUT2D eigenvalue weighted by atomic mass is 16.6. The van der Waals surface area contributed by atoms with Gasteiger partial charge in [-0.1, -0.05) is 48.5 Å². The molecule has 0 unspecified atom stereocenters. The van der Waals surface area contributed by atoms with Crippen LogP contribution in [0.15, 0.2) is 77.7 Å². The molecular weight excluding hydrogens is 406 g/mol. The molecule has 0 saturated heterocycles. The van der Waals surface area contributed by atoms with Gasteiger partial charge in [-0.3, -0.25) is 9.59 Å². The highest BCUT2D eigenvalue weighted by molar-refractivity contribution is 6.10. The fourth-order valence-electron chi connectivity index (χ4n) is 3.98. The van der Waals surface area contributed by atoms with E-state index in [1.807, 2.05) is 34.9 Å². The van der Waals surface area contributed by atoms with Gasteiger partial charge in [0.05, 0.1) is 30.1 Å². The van der Waals surface area contributed by atoms with E-state index in [2.05, 4.69) is 0 Å². The summed E-state index contributed by atoms with van der Waals surface area (Å²) in [5, 5.41) is 0.408. The summed E-state index contributed by atoms with van der Waals surface area (Å²) in [5.74, 6) is 1.50. The molecule has 0 atom stereocenters. The highest BCUT2D eigenvalue weighted by Gasteiger charge is 2.21. The molecule has 1 aliphatic heterocycles. The van der Waals surface area contributed by atoms with Crippen LogP contribution in [-0.4, -0.2) is 30.7 Å². The number of fused-ring (bicyclic) bond motifs is 2. The Morgan fingerprint density at radius 2 is 1.66 bits per heavy atom. The van der Waals surface area contributed by atoms with Crippen molar-refractivity contribution in [2.24, 2.45) is 0 Å². The zero-order chi connectivity index (χ0) is 22.1. The molecule has 0 aliphatic carbocycles. The van der Waals surface area contributed by atoms with Gasteiger partial charge in [0, 0.05) is 23.4 Å². The molecule has 0 bridgehead atoms. The van der Waals surface area contributed by atoms with Gasteiger partial charge in [-0.05, 0) is 12.1 Å². The largest absolute Gasteiger partial charge is 0.496 e. The van der Waals surface area contributed by atoms with E-state index in [1.165, 1.54) is 0 Å². The Hall–Kier alpha value is -4.06. The normalized spacial score (nSPS) is 12.5. The number of para-hydroxylation sites is 1. The van der Waals surface area contributed by atoms with Crippen molar-refractivity contribution < 1.29 is 19.0 Å². The summed E-state index contributed by atoms with van der Waals surface area (Å²) in [6, 6.07) is 20.0. The van der Waals surface area contributed by atoms with Gasteiger partial charge >= 0.3 is 0 Å². The van der Waals surface area contributed by atoms with E-state index in [4.69, 9.17) is 14.2 Å². The predicted octanol–water partition coefficient (Wildman–Crippen LogP) is 4.06. The Balaban J connectivity index is 1.74. The highest BCUT2D eigenvalue weighted by Crippen LogP contribution is 2.34. The van der Waals surface area contributed by atoms with E-state index in [9.17, 15) is 9.59 Å². The van der Waals surface area contributed by atoms with Gasteiger partial charge in [-0.2, -0.15) is 0 Å². The Labute approximate surface area is 184 Å². The smallest absolute Gasteiger partial charge is 0.200 e. The van der Waals surface area contributed by atoms with E-state index in [1.54, 1.807) is 49.7 Å². The van der Waals surface area contributed by atoms with E-state index in [0.717, 1.165) is 11.3 Å². The van der Waals surface area contributed by atoms with Crippen molar-refractivity contribution in [3.63, 3.8) is 0 Å². The average molecular weight is 427 g/mol. The number of hydrogen-bond donors (Lipinski definition) is 0. The van der Waals surface area contributed by atoms with Crippen molar-refractivity contribution in [2.45, 2.75) is 6.54 Å². The molecule has 160 valence electrons. The zero-order valence-electron chi connectivity index (χ0n) is 17.5. The van der Waals surface area contributed by atoms with Gasteiger partial charge in [-0.25, -0.2) is 0 Å². The fourth-order valence-corrected chi connectivity index (χ4v) is 3.98. The van der Waals surface area contributed by atoms with Crippen LogP contribution in [0.4, 0.5) is 0 Å². The van der Waals surface area contributed by atoms with Crippen LogP contribution in [0.5, 0.6) is 17.2 Å². The molecule has 32 heavy (non-hydrogen) atoms. The minimum Gasteiger partial charge on any atom is -0.496 e. The standard InChI is InChI=1S/C26H21NO5/c1-30-22-10-6-5-9-18(22)15-27-16-20(25(28)17-7-3-2-4-8-17)26(29)19-13-23-24(14-21(19)27)32-12-11-31-23/h2-10,13-14,16H,11-12,15H2,1H3. The molecule has 0 N–H and O–H groups in total. The first-order valence-corrected chi connectivity index (χ1v) is 10.3. The van der Waals surface area contributed by atoms with Gasteiger partial charge in [0.1, 0.15) is 19.0 Å². The monoisotopic (exact) mass is 427 g/mol. The lowest BCUT2D eigenvalue weighted by Gasteiger charge is -2.21. The Kier molecular flexibility index (Phi) is 5.11. The summed E-state index contributed by atoms with van der Waals surface area (Å²) < 4.78 is 18.8. The molecule has 0 fully saturated rings. The number of hydrogen-bond acceptors (Lipinski definition) is 5. The maximum Gasteiger partial charge on any atom is 0.200 e. The second kappa shape index (κ2) is 8.23. The third-order valence-corrected chi connectivity index (χ3v) is 5.56. The number of methoxy groups -OCH3 is 1. The van der Waals surface area contributed by atoms with Gasteiger partial charge < -0.3 is 18.8 Å². The van der Waals surface area contributed by atoms with Gasteiger partial charge in [0.15, 0.2) is 17.3 Å². The third-order valence-electron chi connectivity index (χ3n) is 5.56. The predicted molar refractivity (Wildman–Crippen MR) is 121 cm³/mol. The number of ether oxygens (including phenoxy) is 3. The molecule has 1 aliphatic rings. The first kappa shape index (κ1) is 19.9. The maximum atomic E-state index is 13.4. The van der Waals surface area contributed by atoms with Gasteiger partial charge in [0.2, 0.25) is 5.43 Å². The molecule has 1 aromatic heterocycles. The van der Waals surface area contributed by atoms with Crippen molar-refractivity contribution >= 4 is 16.7 Å².